The molecule has 5 nitrogen and oxygen atoms in total. The highest BCUT2D eigenvalue weighted by Crippen LogP contribution is 1.47. The standard InChI is InChI=1S/CH2O3.CH2O2S/c2*2-1(3)4/h2*(H2,2,3,4). The Kier molecular flexibility index (Phi) is 7.49. The molecule has 48 valence electrons. The summed E-state index contributed by atoms with van der Waals surface area (Å²) >= 11 is 3.65. The van der Waals surface area contributed by atoms with Crippen molar-refractivity contribution in [3.8, 4) is 0 Å². The van der Waals surface area contributed by atoms with Crippen molar-refractivity contribution in [2.75, 3.05) is 0 Å². The quantitative estimate of drug-likeness (QED) is 0.368. The first-order valence-corrected chi connectivity index (χ1v) is 1.71. The number of thiocarbonyl (C=S) groups is 1. The van der Waals surface area contributed by atoms with Crippen molar-refractivity contribution in [3.05, 3.63) is 0 Å². The van der Waals surface area contributed by atoms with Crippen molar-refractivity contribution < 1.29 is 25.2 Å². The van der Waals surface area contributed by atoms with Crippen LogP contribution in [0.2, 0.25) is 0 Å². The molecule has 0 unspecified atom stereocenters. The van der Waals surface area contributed by atoms with Gasteiger partial charge in [-0.3, -0.25) is 0 Å². The molecule has 0 aromatic rings. The monoisotopic (exact) mass is 140 g/mol. The number of carbonyl (C=O) groups is 1. The summed E-state index contributed by atoms with van der Waals surface area (Å²) in [4.78, 5) is 8.56. The molecule has 0 bridgehead atoms. The third-order valence-corrected chi connectivity index (χ3v) is 0. The maximum Gasteiger partial charge on any atom is 0.503 e. The zero-order valence-corrected chi connectivity index (χ0v) is 4.42. The second-order valence-electron chi connectivity index (χ2n) is 0.565. The van der Waals surface area contributed by atoms with E-state index in [1.807, 2.05) is 0 Å². The van der Waals surface area contributed by atoms with Gasteiger partial charge in [0.25, 0.3) is 0 Å². The molecule has 4 N–H and O–H groups in total. The van der Waals surface area contributed by atoms with E-state index in [1.54, 1.807) is 0 Å². The van der Waals surface area contributed by atoms with Crippen molar-refractivity contribution in [2.24, 2.45) is 0 Å². The van der Waals surface area contributed by atoms with E-state index in [4.69, 9.17) is 25.2 Å². The van der Waals surface area contributed by atoms with Gasteiger partial charge in [0.15, 0.2) is 0 Å². The van der Waals surface area contributed by atoms with E-state index >= 15 is 0 Å². The Morgan fingerprint density at radius 1 is 1.12 bits per heavy atom. The fraction of sp³-hybridized carbons (Fsp3) is 0. The molecule has 0 rings (SSSR count). The Bertz CT molecular complexity index is 68.4. The van der Waals surface area contributed by atoms with Crippen LogP contribution in [-0.2, 0) is 0 Å². The molecule has 0 aliphatic heterocycles. The molecule has 0 aromatic carbocycles. The number of carboxylic acid groups (broad SMARTS) is 2. The Morgan fingerprint density at radius 3 is 1.12 bits per heavy atom. The summed E-state index contributed by atoms with van der Waals surface area (Å²) in [5, 5.41) is 27.6. The van der Waals surface area contributed by atoms with E-state index in [0.29, 0.717) is 0 Å². The third-order valence-electron chi connectivity index (χ3n) is 0. The normalized spacial score (nSPS) is 6.00. The van der Waals surface area contributed by atoms with Gasteiger partial charge in [0.1, 0.15) is 0 Å². The fourth-order valence-electron chi connectivity index (χ4n) is 0. The van der Waals surface area contributed by atoms with Crippen LogP contribution in [0.4, 0.5) is 4.79 Å². The maximum atomic E-state index is 8.56. The lowest BCUT2D eigenvalue weighted by Gasteiger charge is -1.65. The van der Waals surface area contributed by atoms with E-state index in [1.165, 1.54) is 0 Å². The van der Waals surface area contributed by atoms with Crippen LogP contribution in [0.25, 0.3) is 0 Å². The highest BCUT2D eigenvalue weighted by Gasteiger charge is 1.70. The molecule has 0 aliphatic rings. The first kappa shape index (κ1) is 10.0. The van der Waals surface area contributed by atoms with Crippen molar-refractivity contribution >= 4 is 23.6 Å². The molecule has 0 spiro atoms. The van der Waals surface area contributed by atoms with Crippen molar-refractivity contribution in [1.29, 1.82) is 0 Å². The van der Waals surface area contributed by atoms with E-state index in [-0.39, 0.29) is 0 Å². The highest BCUT2D eigenvalue weighted by atomic mass is 32.1. The van der Waals surface area contributed by atoms with Gasteiger partial charge in [-0.2, -0.15) is 0 Å². The molecule has 0 saturated heterocycles. The lowest BCUT2D eigenvalue weighted by atomic mass is 11.5. The summed E-state index contributed by atoms with van der Waals surface area (Å²) in [5.74, 6) is 0. The zero-order valence-electron chi connectivity index (χ0n) is 3.61. The van der Waals surface area contributed by atoms with Crippen LogP contribution in [-0.4, -0.2) is 31.8 Å². The zero-order chi connectivity index (χ0) is 7.15. The summed E-state index contributed by atoms with van der Waals surface area (Å²) in [5.41, 5.74) is 0. The van der Waals surface area contributed by atoms with E-state index < -0.39 is 11.4 Å². The van der Waals surface area contributed by atoms with Gasteiger partial charge in [-0.1, -0.05) is 0 Å². The minimum absolute atomic E-state index is 1.000. The van der Waals surface area contributed by atoms with Crippen LogP contribution in [0.3, 0.4) is 0 Å². The lowest BCUT2D eigenvalue weighted by Crippen LogP contribution is -1.81. The van der Waals surface area contributed by atoms with Crippen LogP contribution in [0.15, 0.2) is 0 Å². The lowest BCUT2D eigenvalue weighted by molar-refractivity contribution is 0.137. The molecule has 0 aromatic heterocycles. The molecule has 0 amide bonds. The SMILES string of the molecule is O=C(O)O.OC(O)=S. The van der Waals surface area contributed by atoms with Crippen LogP contribution < -0.4 is 0 Å². The van der Waals surface area contributed by atoms with Gasteiger partial charge >= 0.3 is 11.4 Å². The second-order valence-corrected chi connectivity index (χ2v) is 0.930. The maximum absolute atomic E-state index is 8.56. The Labute approximate surface area is 49.8 Å². The van der Waals surface area contributed by atoms with Crippen molar-refractivity contribution in [1.82, 2.24) is 0 Å². The topological polar surface area (TPSA) is 98.0 Å². The van der Waals surface area contributed by atoms with Crippen LogP contribution >= 0.6 is 12.2 Å². The summed E-state index contributed by atoms with van der Waals surface area (Å²) in [6.45, 7) is 0. The third kappa shape index (κ3) is 71.9. The average molecular weight is 140 g/mol. The van der Waals surface area contributed by atoms with Crippen LogP contribution in [0.5, 0.6) is 0 Å². The molecule has 0 aliphatic carbocycles. The van der Waals surface area contributed by atoms with E-state index in [0.717, 1.165) is 0 Å². The summed E-state index contributed by atoms with van der Waals surface area (Å²) in [6, 6.07) is 0. The van der Waals surface area contributed by atoms with E-state index in [9.17, 15) is 0 Å². The summed E-state index contributed by atoms with van der Waals surface area (Å²) < 4.78 is 0. The number of aliphatic hydroxyl groups excluding tert-OH is 1. The van der Waals surface area contributed by atoms with Gasteiger partial charge in [0, 0.05) is 12.2 Å². The highest BCUT2D eigenvalue weighted by molar-refractivity contribution is 7.79. The number of aliphatic hydroxyl groups is 2. The Hall–Kier alpha value is -1.04. The summed E-state index contributed by atoms with van der Waals surface area (Å²) in [6.07, 6.45) is -1.83. The number of rotatable bonds is 0. The van der Waals surface area contributed by atoms with Gasteiger partial charge in [-0.25, -0.2) is 4.79 Å². The Morgan fingerprint density at radius 2 is 1.12 bits per heavy atom. The molecule has 6 heteroatoms. The van der Waals surface area contributed by atoms with Gasteiger partial charge in [-0.15, -0.1) is 0 Å². The van der Waals surface area contributed by atoms with Gasteiger partial charge < -0.3 is 20.4 Å². The molecule has 0 fully saturated rings. The van der Waals surface area contributed by atoms with Gasteiger partial charge in [0.05, 0.1) is 0 Å². The first-order chi connectivity index (χ1) is 3.46. The fourth-order valence-corrected chi connectivity index (χ4v) is 0. The minimum Gasteiger partial charge on any atom is -0.473 e. The van der Waals surface area contributed by atoms with Crippen LogP contribution in [0, 0.1) is 0 Å². The average Bonchev–Trinajstić information content (AvgIpc) is 1.25. The van der Waals surface area contributed by atoms with Crippen molar-refractivity contribution in [2.45, 2.75) is 0 Å². The molecule has 0 saturated carbocycles. The number of hydrogen-bond donors (Lipinski definition) is 4. The second kappa shape index (κ2) is 5.96. The molecule has 0 heterocycles. The number of hydrogen-bond acceptors (Lipinski definition) is 2. The van der Waals surface area contributed by atoms with Gasteiger partial charge in [0.2, 0.25) is 0 Å². The van der Waals surface area contributed by atoms with Gasteiger partial charge in [-0.05, 0) is 0 Å². The smallest absolute Gasteiger partial charge is 0.473 e. The molecule has 0 radical (unpaired) electrons. The van der Waals surface area contributed by atoms with Crippen molar-refractivity contribution in [3.63, 3.8) is 0 Å². The molecular formula is C2H4O5S. The molecule has 8 heavy (non-hydrogen) atoms. The molecule has 0 atom stereocenters. The predicted molar refractivity (Wildman–Crippen MR) is 28.5 cm³/mol. The first-order valence-electron chi connectivity index (χ1n) is 1.30. The Balaban J connectivity index is 0. The summed E-state index contributed by atoms with van der Waals surface area (Å²) in [7, 11) is 0. The van der Waals surface area contributed by atoms with E-state index in [2.05, 4.69) is 12.2 Å². The minimum atomic E-state index is -1.83. The molecular weight excluding hydrogens is 136 g/mol. The largest absolute Gasteiger partial charge is 0.503 e. The van der Waals surface area contributed by atoms with Crippen LogP contribution in [0.1, 0.15) is 0 Å². The predicted octanol–water partition coefficient (Wildman–Crippen LogP) is 0.610.